The zero-order valence-electron chi connectivity index (χ0n) is 10.1. The van der Waals surface area contributed by atoms with E-state index in [1.807, 2.05) is 20.8 Å². The lowest BCUT2D eigenvalue weighted by Crippen LogP contribution is -2.50. The van der Waals surface area contributed by atoms with Gasteiger partial charge in [-0.2, -0.15) is 0 Å². The Hall–Kier alpha value is -0.790. The Morgan fingerprint density at radius 2 is 2.24 bits per heavy atom. The van der Waals surface area contributed by atoms with E-state index >= 15 is 0 Å². The second kappa shape index (κ2) is 4.47. The molecule has 1 saturated heterocycles. The van der Waals surface area contributed by atoms with Gasteiger partial charge in [0.25, 0.3) is 0 Å². The fraction of sp³-hybridized carbons (Fsp3) is 0.636. The minimum absolute atomic E-state index is 0.257. The summed E-state index contributed by atoms with van der Waals surface area (Å²) in [5, 5.41) is 3.94. The molecule has 0 N–H and O–H groups in total. The Morgan fingerprint density at radius 3 is 2.71 bits per heavy atom. The Bertz CT molecular complexity index is 419. The van der Waals surface area contributed by atoms with Gasteiger partial charge in [-0.1, -0.05) is 5.16 Å². The first-order chi connectivity index (χ1) is 7.87. The Kier molecular flexibility index (Phi) is 3.33. The number of halogens is 1. The average Bonchev–Trinajstić information content (AvgIpc) is 2.46. The van der Waals surface area contributed by atoms with Crippen LogP contribution in [0.1, 0.15) is 32.4 Å². The maximum Gasteiger partial charge on any atom is 0.410 e. The summed E-state index contributed by atoms with van der Waals surface area (Å²) in [7, 11) is 0. The molecule has 0 aliphatic carbocycles. The first-order valence-electron chi connectivity index (χ1n) is 5.44. The number of nitrogens with zero attached hydrogens (tertiary/aromatic N) is 2. The van der Waals surface area contributed by atoms with Gasteiger partial charge < -0.3 is 14.2 Å². The number of carbonyl (C=O) groups is 1. The molecular weight excluding hydrogens is 335 g/mol. The fourth-order valence-corrected chi connectivity index (χ4v) is 2.28. The Balaban J connectivity index is 1.87. The molecule has 0 radical (unpaired) electrons. The highest BCUT2D eigenvalue weighted by Crippen LogP contribution is 2.30. The molecule has 1 aliphatic heterocycles. The van der Waals surface area contributed by atoms with Crippen LogP contribution in [0.2, 0.25) is 0 Å². The molecule has 0 bridgehead atoms. The van der Waals surface area contributed by atoms with Crippen molar-refractivity contribution in [3.63, 3.8) is 0 Å². The van der Waals surface area contributed by atoms with Crippen molar-refractivity contribution in [1.82, 2.24) is 10.1 Å². The number of carbonyl (C=O) groups excluding carboxylic acids is 1. The standard InChI is InChI=1S/C11H15IN2O3/c1-11(2,3)17-10(15)14-4-7(5-14)9-8(12)6-16-13-9/h6-7H,4-5H2,1-3H3. The summed E-state index contributed by atoms with van der Waals surface area (Å²) in [6.07, 6.45) is 1.36. The number of amides is 1. The molecule has 1 fully saturated rings. The summed E-state index contributed by atoms with van der Waals surface area (Å²) in [6.45, 7) is 6.89. The van der Waals surface area contributed by atoms with Crippen molar-refractivity contribution in [3.8, 4) is 0 Å². The zero-order valence-corrected chi connectivity index (χ0v) is 12.2. The molecule has 0 spiro atoms. The molecule has 1 aromatic heterocycles. The van der Waals surface area contributed by atoms with Crippen molar-refractivity contribution in [2.75, 3.05) is 13.1 Å². The molecule has 0 unspecified atom stereocenters. The predicted molar refractivity (Wildman–Crippen MR) is 69.8 cm³/mol. The highest BCUT2D eigenvalue weighted by molar-refractivity contribution is 14.1. The third kappa shape index (κ3) is 2.91. The molecule has 0 aromatic carbocycles. The number of likely N-dealkylation sites (tertiary alicyclic amines) is 1. The average molecular weight is 350 g/mol. The van der Waals surface area contributed by atoms with Crippen LogP contribution >= 0.6 is 22.6 Å². The van der Waals surface area contributed by atoms with E-state index in [0.717, 1.165) is 9.26 Å². The Labute approximate surface area is 114 Å². The molecule has 0 saturated carbocycles. The highest BCUT2D eigenvalue weighted by atomic mass is 127. The van der Waals surface area contributed by atoms with Gasteiger partial charge in [0.2, 0.25) is 0 Å². The maximum absolute atomic E-state index is 11.7. The van der Waals surface area contributed by atoms with Crippen molar-refractivity contribution in [1.29, 1.82) is 0 Å². The minimum atomic E-state index is -0.440. The second-order valence-electron chi connectivity index (χ2n) is 5.13. The zero-order chi connectivity index (χ0) is 12.6. The van der Waals surface area contributed by atoms with Gasteiger partial charge in [-0.3, -0.25) is 0 Å². The summed E-state index contributed by atoms with van der Waals surface area (Å²) in [4.78, 5) is 13.4. The summed E-state index contributed by atoms with van der Waals surface area (Å²) < 4.78 is 11.2. The smallest absolute Gasteiger partial charge is 0.410 e. The molecule has 94 valence electrons. The van der Waals surface area contributed by atoms with Gasteiger partial charge in [0.05, 0.1) is 3.57 Å². The van der Waals surface area contributed by atoms with Crippen LogP contribution < -0.4 is 0 Å². The van der Waals surface area contributed by atoms with E-state index in [9.17, 15) is 4.79 Å². The summed E-state index contributed by atoms with van der Waals surface area (Å²) in [5.41, 5.74) is 0.496. The predicted octanol–water partition coefficient (Wildman–Crippen LogP) is 2.61. The van der Waals surface area contributed by atoms with Gasteiger partial charge >= 0.3 is 6.09 Å². The summed E-state index contributed by atoms with van der Waals surface area (Å²) >= 11 is 2.18. The lowest BCUT2D eigenvalue weighted by atomic mass is 9.97. The van der Waals surface area contributed by atoms with Crippen LogP contribution in [0.4, 0.5) is 4.79 Å². The topological polar surface area (TPSA) is 55.6 Å². The van der Waals surface area contributed by atoms with Crippen LogP contribution in [0, 0.1) is 3.57 Å². The fourth-order valence-electron chi connectivity index (χ4n) is 1.63. The van der Waals surface area contributed by atoms with Crippen LogP contribution in [0.5, 0.6) is 0 Å². The quantitative estimate of drug-likeness (QED) is 0.731. The number of aromatic nitrogens is 1. The summed E-state index contributed by atoms with van der Waals surface area (Å²) in [5.74, 6) is 0.271. The van der Waals surface area contributed by atoms with Crippen LogP contribution in [0.3, 0.4) is 0 Å². The molecule has 5 nitrogen and oxygen atoms in total. The second-order valence-corrected chi connectivity index (χ2v) is 6.29. The van der Waals surface area contributed by atoms with Crippen LogP contribution in [-0.2, 0) is 4.74 Å². The SMILES string of the molecule is CC(C)(C)OC(=O)N1CC(c2nocc2I)C1. The van der Waals surface area contributed by atoms with Gasteiger partial charge in [0.15, 0.2) is 0 Å². The number of rotatable bonds is 1. The lowest BCUT2D eigenvalue weighted by molar-refractivity contribution is 0.00758. The Morgan fingerprint density at radius 1 is 1.59 bits per heavy atom. The highest BCUT2D eigenvalue weighted by Gasteiger charge is 2.36. The van der Waals surface area contributed by atoms with Gasteiger partial charge in [-0.25, -0.2) is 4.79 Å². The lowest BCUT2D eigenvalue weighted by Gasteiger charge is -2.38. The van der Waals surface area contributed by atoms with Gasteiger partial charge in [0.1, 0.15) is 17.6 Å². The summed E-state index contributed by atoms with van der Waals surface area (Å²) in [6, 6.07) is 0. The monoisotopic (exact) mass is 350 g/mol. The third-order valence-electron chi connectivity index (χ3n) is 2.47. The van der Waals surface area contributed by atoms with E-state index in [-0.39, 0.29) is 12.0 Å². The largest absolute Gasteiger partial charge is 0.444 e. The normalized spacial score (nSPS) is 16.8. The van der Waals surface area contributed by atoms with Gasteiger partial charge in [-0.15, -0.1) is 0 Å². The molecule has 1 aromatic rings. The van der Waals surface area contributed by atoms with E-state index < -0.39 is 5.60 Å². The van der Waals surface area contributed by atoms with Crippen molar-refractivity contribution in [2.24, 2.45) is 0 Å². The first kappa shape index (κ1) is 12.7. The molecule has 2 rings (SSSR count). The number of hydrogen-bond acceptors (Lipinski definition) is 4. The molecule has 6 heteroatoms. The maximum atomic E-state index is 11.7. The molecule has 1 aliphatic rings. The van der Waals surface area contributed by atoms with E-state index in [1.165, 1.54) is 0 Å². The van der Waals surface area contributed by atoms with Crippen molar-refractivity contribution in [3.05, 3.63) is 15.5 Å². The van der Waals surface area contributed by atoms with Crippen molar-refractivity contribution in [2.45, 2.75) is 32.3 Å². The molecule has 17 heavy (non-hydrogen) atoms. The van der Waals surface area contributed by atoms with E-state index in [4.69, 9.17) is 9.26 Å². The van der Waals surface area contributed by atoms with Gasteiger partial charge in [-0.05, 0) is 43.4 Å². The van der Waals surface area contributed by atoms with Crippen LogP contribution in [0.15, 0.2) is 10.8 Å². The first-order valence-corrected chi connectivity index (χ1v) is 6.52. The molecular formula is C11H15IN2O3. The molecule has 0 atom stereocenters. The molecule has 1 amide bonds. The van der Waals surface area contributed by atoms with Crippen LogP contribution in [-0.4, -0.2) is 34.8 Å². The minimum Gasteiger partial charge on any atom is -0.444 e. The number of ether oxygens (including phenoxy) is 1. The third-order valence-corrected chi connectivity index (χ3v) is 3.28. The van der Waals surface area contributed by atoms with Crippen molar-refractivity contribution >= 4 is 28.7 Å². The van der Waals surface area contributed by atoms with Crippen LogP contribution in [0.25, 0.3) is 0 Å². The van der Waals surface area contributed by atoms with E-state index in [0.29, 0.717) is 13.1 Å². The van der Waals surface area contributed by atoms with E-state index in [2.05, 4.69) is 27.7 Å². The number of hydrogen-bond donors (Lipinski definition) is 0. The van der Waals surface area contributed by atoms with E-state index in [1.54, 1.807) is 11.2 Å². The van der Waals surface area contributed by atoms with Gasteiger partial charge in [0, 0.05) is 19.0 Å². The molecule has 2 heterocycles. The van der Waals surface area contributed by atoms with Crippen molar-refractivity contribution < 1.29 is 14.1 Å².